The summed E-state index contributed by atoms with van der Waals surface area (Å²) in [7, 11) is 7.44. The molecule has 0 aliphatic carbocycles. The molecule has 0 N–H and O–H groups in total. The highest BCUT2D eigenvalue weighted by atomic mass is 127. The van der Waals surface area contributed by atoms with Crippen LogP contribution in [0.4, 0.5) is 5.69 Å². The Morgan fingerprint density at radius 3 is 2.37 bits per heavy atom. The number of aromatic nitrogens is 1. The first-order valence-electron chi connectivity index (χ1n) is 12.4. The van der Waals surface area contributed by atoms with Gasteiger partial charge in [-0.1, -0.05) is 12.1 Å². The predicted molar refractivity (Wildman–Crippen MR) is 142 cm³/mol. The summed E-state index contributed by atoms with van der Waals surface area (Å²) in [5.41, 5.74) is 6.96. The zero-order chi connectivity index (χ0) is 25.5. The molecule has 0 atom stereocenters. The smallest absolute Gasteiger partial charge is 0.231 e. The maximum atomic E-state index is 6.36. The number of benzene rings is 3. The number of hydrogen-bond acceptors (Lipinski definition) is 6. The van der Waals surface area contributed by atoms with Crippen molar-refractivity contribution in [2.24, 2.45) is 0 Å². The van der Waals surface area contributed by atoms with Crippen LogP contribution in [0.5, 0.6) is 23.0 Å². The van der Waals surface area contributed by atoms with Gasteiger partial charge in [0.25, 0.3) is 0 Å². The van der Waals surface area contributed by atoms with Crippen LogP contribution in [0.15, 0.2) is 54.7 Å². The van der Waals surface area contributed by atoms with Gasteiger partial charge >= 0.3 is 0 Å². The summed E-state index contributed by atoms with van der Waals surface area (Å²) in [6, 6.07) is 16.8. The quantitative estimate of drug-likeness (QED) is 0.231. The van der Waals surface area contributed by atoms with Crippen molar-refractivity contribution in [3.05, 3.63) is 71.4 Å². The Kier molecular flexibility index (Phi) is 7.54. The standard InChI is InChI=1S/C30H31N2O5.HI/c1-31(2)21-7-5-19(6-8-21)16-35-17-25-22-9-10-26(33-3)30(34-4)24(22)15-32-12-11-20-13-27-28(37-18-36-27)14-23(20)29(25)32;/h5-10,13-15H,11-12,16-18H2,1-4H3;1H/q+1;/p-1. The van der Waals surface area contributed by atoms with Gasteiger partial charge in [-0.25, -0.2) is 0 Å². The fourth-order valence-corrected chi connectivity index (χ4v) is 5.32. The lowest BCUT2D eigenvalue weighted by atomic mass is 9.91. The molecule has 1 aromatic heterocycles. The van der Waals surface area contributed by atoms with E-state index in [1.165, 1.54) is 11.3 Å². The summed E-state index contributed by atoms with van der Waals surface area (Å²) in [4.78, 5) is 2.09. The maximum absolute atomic E-state index is 6.36. The van der Waals surface area contributed by atoms with Crippen LogP contribution in [-0.4, -0.2) is 35.1 Å². The molecule has 0 bridgehead atoms. The van der Waals surface area contributed by atoms with E-state index in [2.05, 4.69) is 58.1 Å². The average Bonchev–Trinajstić information content (AvgIpc) is 3.38. The Bertz CT molecular complexity index is 1490. The third-order valence-corrected chi connectivity index (χ3v) is 7.21. The predicted octanol–water partition coefficient (Wildman–Crippen LogP) is 1.88. The lowest BCUT2D eigenvalue weighted by Crippen LogP contribution is -3.00. The second-order valence-corrected chi connectivity index (χ2v) is 9.58. The average molecular weight is 626 g/mol. The molecule has 8 heteroatoms. The van der Waals surface area contributed by atoms with Gasteiger partial charge in [-0.2, -0.15) is 4.57 Å². The largest absolute Gasteiger partial charge is 1.00 e. The van der Waals surface area contributed by atoms with Gasteiger partial charge in [-0.15, -0.1) is 0 Å². The molecule has 0 amide bonds. The number of halogens is 1. The molecule has 0 spiro atoms. The number of aryl methyl sites for hydroxylation is 2. The van der Waals surface area contributed by atoms with Gasteiger partial charge < -0.3 is 52.6 Å². The minimum atomic E-state index is 0. The first kappa shape index (κ1) is 26.4. The maximum Gasteiger partial charge on any atom is 0.231 e. The second kappa shape index (κ2) is 10.9. The molecule has 0 saturated heterocycles. The number of rotatable bonds is 7. The molecule has 3 aromatic carbocycles. The zero-order valence-electron chi connectivity index (χ0n) is 22.0. The number of ether oxygens (including phenoxy) is 5. The first-order chi connectivity index (χ1) is 18.1. The number of anilines is 1. The lowest BCUT2D eigenvalue weighted by molar-refractivity contribution is -0.686. The van der Waals surface area contributed by atoms with Crippen LogP contribution < -0.4 is 52.4 Å². The molecular weight excluding hydrogens is 595 g/mol. The highest BCUT2D eigenvalue weighted by Crippen LogP contribution is 2.43. The van der Waals surface area contributed by atoms with E-state index >= 15 is 0 Å². The first-order valence-corrected chi connectivity index (χ1v) is 12.4. The van der Waals surface area contributed by atoms with Crippen LogP contribution in [0.25, 0.3) is 22.0 Å². The second-order valence-electron chi connectivity index (χ2n) is 9.58. The van der Waals surface area contributed by atoms with E-state index in [1.807, 2.05) is 20.2 Å². The normalized spacial score (nSPS) is 12.9. The van der Waals surface area contributed by atoms with Gasteiger partial charge in [0.15, 0.2) is 35.7 Å². The molecule has 4 aromatic rings. The van der Waals surface area contributed by atoms with Crippen molar-refractivity contribution in [3.8, 4) is 34.3 Å². The van der Waals surface area contributed by atoms with Crippen molar-refractivity contribution < 1.29 is 52.2 Å². The molecule has 6 rings (SSSR count). The van der Waals surface area contributed by atoms with E-state index < -0.39 is 0 Å². The minimum Gasteiger partial charge on any atom is -1.00 e. The van der Waals surface area contributed by atoms with E-state index in [0.29, 0.717) is 19.0 Å². The van der Waals surface area contributed by atoms with Crippen molar-refractivity contribution >= 4 is 16.5 Å². The number of hydrogen-bond donors (Lipinski definition) is 0. The summed E-state index contributed by atoms with van der Waals surface area (Å²) < 4.78 is 31.5. The van der Waals surface area contributed by atoms with Crippen LogP contribution in [0, 0.1) is 0 Å². The third kappa shape index (κ3) is 4.60. The number of fused-ring (bicyclic) bond motifs is 5. The third-order valence-electron chi connectivity index (χ3n) is 7.21. The summed E-state index contributed by atoms with van der Waals surface area (Å²) in [6.45, 7) is 2.07. The van der Waals surface area contributed by atoms with Crippen LogP contribution in [-0.2, 0) is 30.9 Å². The summed E-state index contributed by atoms with van der Waals surface area (Å²) in [5.74, 6) is 3.04. The van der Waals surface area contributed by atoms with Crippen molar-refractivity contribution in [1.82, 2.24) is 0 Å². The van der Waals surface area contributed by atoms with Crippen LogP contribution in [0.3, 0.4) is 0 Å². The van der Waals surface area contributed by atoms with Gasteiger partial charge in [0.1, 0.15) is 0 Å². The number of methoxy groups -OCH3 is 2. The van der Waals surface area contributed by atoms with Gasteiger partial charge in [0.2, 0.25) is 12.5 Å². The molecule has 0 unspecified atom stereocenters. The fraction of sp³-hybridized carbons (Fsp3) is 0.300. The van der Waals surface area contributed by atoms with Crippen LogP contribution in [0.2, 0.25) is 0 Å². The molecule has 7 nitrogen and oxygen atoms in total. The fourth-order valence-electron chi connectivity index (χ4n) is 5.32. The van der Waals surface area contributed by atoms with E-state index in [4.69, 9.17) is 23.7 Å². The SMILES string of the molecule is COc1ccc2c(COCc3ccc(N(C)C)cc3)c3[n+](cc2c1OC)CCc1cc2c(cc1-3)OCO2.[I-]. The Balaban J connectivity index is 0.00000294. The molecule has 198 valence electrons. The lowest BCUT2D eigenvalue weighted by Gasteiger charge is -2.21. The van der Waals surface area contributed by atoms with Gasteiger partial charge in [0.05, 0.1) is 43.9 Å². The molecule has 3 heterocycles. The Labute approximate surface area is 239 Å². The van der Waals surface area contributed by atoms with Gasteiger partial charge in [-0.3, -0.25) is 0 Å². The highest BCUT2D eigenvalue weighted by molar-refractivity contribution is 5.95. The zero-order valence-corrected chi connectivity index (χ0v) is 24.2. The Morgan fingerprint density at radius 1 is 0.895 bits per heavy atom. The van der Waals surface area contributed by atoms with Crippen molar-refractivity contribution in [1.29, 1.82) is 0 Å². The van der Waals surface area contributed by atoms with E-state index in [-0.39, 0.29) is 30.8 Å². The molecule has 0 fully saturated rings. The minimum absolute atomic E-state index is 0. The summed E-state index contributed by atoms with van der Waals surface area (Å²) in [5, 5.41) is 2.08. The summed E-state index contributed by atoms with van der Waals surface area (Å²) in [6.07, 6.45) is 3.07. The van der Waals surface area contributed by atoms with Gasteiger partial charge in [0, 0.05) is 31.6 Å². The van der Waals surface area contributed by atoms with Crippen molar-refractivity contribution in [3.63, 3.8) is 0 Å². The molecule has 0 radical (unpaired) electrons. The van der Waals surface area contributed by atoms with E-state index in [1.54, 1.807) is 14.2 Å². The summed E-state index contributed by atoms with van der Waals surface area (Å²) >= 11 is 0. The molecular formula is C30H31IN2O5. The molecule has 2 aliphatic rings. The highest BCUT2D eigenvalue weighted by Gasteiger charge is 2.32. The van der Waals surface area contributed by atoms with Crippen LogP contribution in [0.1, 0.15) is 16.7 Å². The molecule has 2 aliphatic heterocycles. The Hall–Kier alpha value is -3.24. The van der Waals surface area contributed by atoms with Crippen LogP contribution >= 0.6 is 0 Å². The number of pyridine rings is 1. The van der Waals surface area contributed by atoms with Crippen molar-refractivity contribution in [2.75, 3.05) is 40.0 Å². The molecule has 38 heavy (non-hydrogen) atoms. The van der Waals surface area contributed by atoms with Gasteiger partial charge in [-0.05, 0) is 47.5 Å². The number of nitrogens with zero attached hydrogens (tertiary/aromatic N) is 2. The van der Waals surface area contributed by atoms with E-state index in [9.17, 15) is 0 Å². The topological polar surface area (TPSA) is 53.3 Å². The van der Waals surface area contributed by atoms with E-state index in [0.717, 1.165) is 63.4 Å². The molecule has 0 saturated carbocycles. The van der Waals surface area contributed by atoms with Crippen molar-refractivity contribution in [2.45, 2.75) is 26.2 Å². The Morgan fingerprint density at radius 2 is 1.66 bits per heavy atom. The monoisotopic (exact) mass is 626 g/mol.